The summed E-state index contributed by atoms with van der Waals surface area (Å²) in [5.41, 5.74) is 1.25. The quantitative estimate of drug-likeness (QED) is 0.758. The van der Waals surface area contributed by atoms with Crippen LogP contribution in [-0.4, -0.2) is 41.2 Å². The topological polar surface area (TPSA) is 46.6 Å². The number of hydrogen-bond acceptors (Lipinski definition) is 5. The Labute approximate surface area is 151 Å². The lowest BCUT2D eigenvalue weighted by molar-refractivity contribution is -0.143. The van der Waals surface area contributed by atoms with E-state index in [1.807, 2.05) is 22.7 Å². The summed E-state index contributed by atoms with van der Waals surface area (Å²) in [5.74, 6) is 1.68. The van der Waals surface area contributed by atoms with E-state index in [0.717, 1.165) is 43.7 Å². The summed E-state index contributed by atoms with van der Waals surface area (Å²) < 4.78 is 5.50. The highest BCUT2D eigenvalue weighted by Crippen LogP contribution is 2.32. The molecule has 2 atom stereocenters. The van der Waals surface area contributed by atoms with Gasteiger partial charge in [-0.3, -0.25) is 4.79 Å². The lowest BCUT2D eigenvalue weighted by atomic mass is 9.99. The molecule has 1 aromatic rings. The van der Waals surface area contributed by atoms with Gasteiger partial charge in [-0.15, -0.1) is 11.3 Å². The third kappa shape index (κ3) is 3.80. The first kappa shape index (κ1) is 17.8. The van der Waals surface area contributed by atoms with Crippen LogP contribution in [0.1, 0.15) is 59.6 Å². The smallest absolute Gasteiger partial charge is 0.349 e. The lowest BCUT2D eigenvalue weighted by Gasteiger charge is -2.36. The zero-order chi connectivity index (χ0) is 17.1. The van der Waals surface area contributed by atoms with Crippen LogP contribution in [0.3, 0.4) is 0 Å². The van der Waals surface area contributed by atoms with Crippen LogP contribution in [-0.2, 0) is 21.7 Å². The average Bonchev–Trinajstić information content (AvgIpc) is 3.05. The monoisotopic (exact) mass is 367 g/mol. The van der Waals surface area contributed by atoms with Crippen molar-refractivity contribution < 1.29 is 14.3 Å². The maximum atomic E-state index is 12.7. The van der Waals surface area contributed by atoms with Crippen LogP contribution in [0.5, 0.6) is 0 Å². The highest BCUT2D eigenvalue weighted by molar-refractivity contribution is 7.98. The summed E-state index contributed by atoms with van der Waals surface area (Å²) in [6, 6.07) is 2.24. The van der Waals surface area contributed by atoms with E-state index in [4.69, 9.17) is 4.74 Å². The van der Waals surface area contributed by atoms with Gasteiger partial charge in [0.1, 0.15) is 4.88 Å². The Kier molecular flexibility index (Phi) is 5.87. The molecule has 6 heteroatoms. The molecule has 0 saturated carbocycles. The summed E-state index contributed by atoms with van der Waals surface area (Å²) in [4.78, 5) is 28.9. The number of carbonyl (C=O) groups excluding carboxylic acids is 2. The zero-order valence-electron chi connectivity index (χ0n) is 14.4. The van der Waals surface area contributed by atoms with Gasteiger partial charge < -0.3 is 9.64 Å². The number of nitrogens with zero attached hydrogens (tertiary/aromatic N) is 1. The van der Waals surface area contributed by atoms with Crippen LogP contribution in [0, 0.1) is 0 Å². The van der Waals surface area contributed by atoms with E-state index in [9.17, 15) is 9.59 Å². The first-order valence-corrected chi connectivity index (χ1v) is 10.8. The molecular formula is C18H25NO3S2. The predicted molar refractivity (Wildman–Crippen MR) is 98.7 cm³/mol. The molecule has 0 bridgehead atoms. The van der Waals surface area contributed by atoms with Crippen LogP contribution < -0.4 is 0 Å². The largest absolute Gasteiger partial charge is 0.448 e. The number of thioether (sulfide) groups is 1. The van der Waals surface area contributed by atoms with Gasteiger partial charge in [-0.2, -0.15) is 11.8 Å². The van der Waals surface area contributed by atoms with Crippen molar-refractivity contribution in [3.8, 4) is 0 Å². The molecule has 4 nitrogen and oxygen atoms in total. The van der Waals surface area contributed by atoms with Crippen molar-refractivity contribution in [1.82, 2.24) is 4.90 Å². The van der Waals surface area contributed by atoms with Crippen molar-refractivity contribution in [2.45, 2.75) is 63.9 Å². The van der Waals surface area contributed by atoms with Gasteiger partial charge >= 0.3 is 5.97 Å². The Balaban J connectivity index is 1.63. The Morgan fingerprint density at radius 2 is 2.25 bits per heavy atom. The molecule has 132 valence electrons. The van der Waals surface area contributed by atoms with E-state index in [2.05, 4.69) is 6.92 Å². The van der Waals surface area contributed by atoms with Gasteiger partial charge in [0.15, 0.2) is 6.10 Å². The molecule has 1 saturated heterocycles. The Hall–Kier alpha value is -1.01. The second kappa shape index (κ2) is 7.91. The summed E-state index contributed by atoms with van der Waals surface area (Å²) in [6.07, 6.45) is 4.55. The third-order valence-electron chi connectivity index (χ3n) is 4.84. The summed E-state index contributed by atoms with van der Waals surface area (Å²) in [5, 5.41) is 0. The molecule has 1 aromatic heterocycles. The molecule has 0 aliphatic carbocycles. The number of amides is 1. The standard InChI is InChI=1S/C18H25NO3S2/c1-3-14-6-4-5-8-19(14)17(20)12(2)22-18(21)16-10-13-11-23-9-7-15(13)24-16/h10,12,14H,3-9,11H2,1-2H3/t12-,14+/m1/s1. The number of likely N-dealkylation sites (tertiary alicyclic amines) is 1. The molecule has 0 N–H and O–H groups in total. The second-order valence-electron chi connectivity index (χ2n) is 6.50. The van der Waals surface area contributed by atoms with Gasteiger partial charge in [-0.25, -0.2) is 4.79 Å². The number of esters is 1. The van der Waals surface area contributed by atoms with E-state index in [0.29, 0.717) is 10.9 Å². The van der Waals surface area contributed by atoms with Gasteiger partial charge in [-0.05, 0) is 56.4 Å². The average molecular weight is 368 g/mol. The number of ether oxygens (including phenoxy) is 1. The van der Waals surface area contributed by atoms with Gasteiger partial charge in [-0.1, -0.05) is 6.92 Å². The SMILES string of the molecule is CC[C@H]1CCCCN1C(=O)[C@@H](C)OC(=O)c1cc2c(s1)CCSC2. The van der Waals surface area contributed by atoms with Crippen molar-refractivity contribution in [3.63, 3.8) is 0 Å². The van der Waals surface area contributed by atoms with Crippen molar-refractivity contribution in [2.75, 3.05) is 12.3 Å². The fourth-order valence-corrected chi connectivity index (χ4v) is 5.72. The molecule has 2 aliphatic heterocycles. The number of carbonyl (C=O) groups is 2. The normalized spacial score (nSPS) is 21.9. The van der Waals surface area contributed by atoms with Gasteiger partial charge in [0.25, 0.3) is 5.91 Å². The molecule has 3 heterocycles. The van der Waals surface area contributed by atoms with E-state index >= 15 is 0 Å². The highest BCUT2D eigenvalue weighted by atomic mass is 32.2. The third-order valence-corrected chi connectivity index (χ3v) is 7.07. The molecule has 2 aliphatic rings. The first-order chi connectivity index (χ1) is 11.6. The second-order valence-corrected chi connectivity index (χ2v) is 8.74. The number of thiophene rings is 1. The number of piperidine rings is 1. The minimum atomic E-state index is -0.710. The van der Waals surface area contributed by atoms with Crippen molar-refractivity contribution in [1.29, 1.82) is 0 Å². The molecule has 0 spiro atoms. The van der Waals surface area contributed by atoms with E-state index < -0.39 is 6.10 Å². The molecule has 24 heavy (non-hydrogen) atoms. The van der Waals surface area contributed by atoms with Crippen LogP contribution in [0.4, 0.5) is 0 Å². The first-order valence-electron chi connectivity index (χ1n) is 8.81. The lowest BCUT2D eigenvalue weighted by Crippen LogP contribution is -2.48. The number of fused-ring (bicyclic) bond motifs is 1. The van der Waals surface area contributed by atoms with Crippen molar-refractivity contribution in [3.05, 3.63) is 21.4 Å². The minimum Gasteiger partial charge on any atom is -0.448 e. The fourth-order valence-electron chi connectivity index (χ4n) is 3.47. The number of aryl methyl sites for hydroxylation is 1. The molecular weight excluding hydrogens is 342 g/mol. The Bertz CT molecular complexity index is 590. The maximum Gasteiger partial charge on any atom is 0.349 e. The fraction of sp³-hybridized carbons (Fsp3) is 0.667. The van der Waals surface area contributed by atoms with E-state index in [-0.39, 0.29) is 11.9 Å². The molecule has 3 rings (SSSR count). The van der Waals surface area contributed by atoms with Crippen LogP contribution in [0.25, 0.3) is 0 Å². The van der Waals surface area contributed by atoms with Crippen LogP contribution in [0.15, 0.2) is 6.07 Å². The van der Waals surface area contributed by atoms with Crippen LogP contribution in [0.2, 0.25) is 0 Å². The predicted octanol–water partition coefficient (Wildman–Crippen LogP) is 3.87. The Morgan fingerprint density at radius 1 is 1.42 bits per heavy atom. The van der Waals surface area contributed by atoms with Gasteiger partial charge in [0.2, 0.25) is 0 Å². The highest BCUT2D eigenvalue weighted by Gasteiger charge is 2.31. The number of rotatable bonds is 4. The molecule has 1 fully saturated rings. The van der Waals surface area contributed by atoms with Gasteiger partial charge in [0, 0.05) is 23.2 Å². The van der Waals surface area contributed by atoms with Crippen LogP contribution >= 0.6 is 23.1 Å². The van der Waals surface area contributed by atoms with E-state index in [1.54, 1.807) is 6.92 Å². The van der Waals surface area contributed by atoms with Crippen molar-refractivity contribution >= 4 is 35.0 Å². The molecule has 0 aromatic carbocycles. The summed E-state index contributed by atoms with van der Waals surface area (Å²) in [6.45, 7) is 4.59. The van der Waals surface area contributed by atoms with E-state index in [1.165, 1.54) is 28.2 Å². The van der Waals surface area contributed by atoms with Crippen molar-refractivity contribution in [2.24, 2.45) is 0 Å². The molecule has 0 unspecified atom stereocenters. The maximum absolute atomic E-state index is 12.7. The minimum absolute atomic E-state index is 0.0493. The Morgan fingerprint density at radius 3 is 3.00 bits per heavy atom. The van der Waals surface area contributed by atoms with Gasteiger partial charge in [0.05, 0.1) is 0 Å². The summed E-state index contributed by atoms with van der Waals surface area (Å²) >= 11 is 3.42. The zero-order valence-corrected chi connectivity index (χ0v) is 16.0. The molecule has 0 radical (unpaired) electrons. The molecule has 1 amide bonds. The number of hydrogen-bond donors (Lipinski definition) is 0. The summed E-state index contributed by atoms with van der Waals surface area (Å²) in [7, 11) is 0.